The van der Waals surface area contributed by atoms with Crippen molar-refractivity contribution in [1.29, 1.82) is 0 Å². The molecule has 2 N–H and O–H groups in total. The molecule has 0 unspecified atom stereocenters. The van der Waals surface area contributed by atoms with Gasteiger partial charge in [0.1, 0.15) is 5.75 Å². The van der Waals surface area contributed by atoms with Crippen LogP contribution in [0.4, 0.5) is 17.2 Å². The van der Waals surface area contributed by atoms with Gasteiger partial charge in [-0.15, -0.1) is 0 Å². The Morgan fingerprint density at radius 1 is 1.19 bits per heavy atom. The maximum atomic E-state index is 11.7. The van der Waals surface area contributed by atoms with Crippen molar-refractivity contribution in [2.45, 2.75) is 24.8 Å². The molecule has 1 aliphatic carbocycles. The summed E-state index contributed by atoms with van der Waals surface area (Å²) >= 11 is 6.34. The molecule has 3 heterocycles. The van der Waals surface area contributed by atoms with Crippen LogP contribution in [0.5, 0.6) is 5.75 Å². The van der Waals surface area contributed by atoms with Crippen LogP contribution in [-0.2, 0) is 4.79 Å². The number of nitrogens with one attached hydrogen (secondary N) is 1. The number of phenolic OH excluding ortho intramolecular Hbond substituents is 1. The minimum Gasteiger partial charge on any atom is -0.506 e. The number of aromatic hydroxyl groups is 1. The Morgan fingerprint density at radius 3 is 2.62 bits per heavy atom. The van der Waals surface area contributed by atoms with Crippen LogP contribution in [0.1, 0.15) is 24.3 Å². The average Bonchev–Trinajstić information content (AvgIpc) is 3.60. The van der Waals surface area contributed by atoms with Crippen LogP contribution in [0.15, 0.2) is 43.1 Å². The molecule has 1 saturated carbocycles. The Morgan fingerprint density at radius 2 is 1.94 bits per heavy atom. The van der Waals surface area contributed by atoms with E-state index in [1.165, 1.54) is 6.08 Å². The molecule has 2 saturated heterocycles. The summed E-state index contributed by atoms with van der Waals surface area (Å²) < 4.78 is 0. The number of nitrogens with zero attached hydrogens (tertiary/aromatic N) is 4. The van der Waals surface area contributed by atoms with Gasteiger partial charge in [-0.3, -0.25) is 9.69 Å². The number of halogens is 1. The van der Waals surface area contributed by atoms with Gasteiger partial charge in [-0.1, -0.05) is 18.2 Å². The first kappa shape index (κ1) is 21.1. The number of rotatable bonds is 6. The second-order valence-corrected chi connectivity index (χ2v) is 9.20. The van der Waals surface area contributed by atoms with E-state index in [-0.39, 0.29) is 11.7 Å². The summed E-state index contributed by atoms with van der Waals surface area (Å²) in [5.74, 6) is 1.53. The van der Waals surface area contributed by atoms with Gasteiger partial charge in [0.15, 0.2) is 5.82 Å². The predicted molar refractivity (Wildman–Crippen MR) is 127 cm³/mol. The summed E-state index contributed by atoms with van der Waals surface area (Å²) in [6.07, 6.45) is 5.48. The number of piperazine rings is 1. The maximum absolute atomic E-state index is 11.7. The van der Waals surface area contributed by atoms with Crippen LogP contribution in [-0.4, -0.2) is 71.1 Å². The number of likely N-dealkylation sites (tertiary alicyclic amines) is 1. The van der Waals surface area contributed by atoms with Gasteiger partial charge in [-0.25, -0.2) is 4.98 Å². The van der Waals surface area contributed by atoms with Gasteiger partial charge < -0.3 is 20.2 Å². The number of phenols is 1. The molecular weight excluding hydrogens is 426 g/mol. The molecule has 2 aliphatic heterocycles. The van der Waals surface area contributed by atoms with Crippen LogP contribution in [0.25, 0.3) is 0 Å². The number of carbonyl (C=O) groups excluding carboxylic acids is 1. The number of aromatic nitrogens is 1. The molecular formula is C24H28ClN5O2. The number of hydrogen-bond donors (Lipinski definition) is 2. The highest BCUT2D eigenvalue weighted by molar-refractivity contribution is 6.31. The molecule has 1 aromatic carbocycles. The summed E-state index contributed by atoms with van der Waals surface area (Å²) in [4.78, 5) is 22.9. The average molecular weight is 454 g/mol. The zero-order valence-electron chi connectivity index (χ0n) is 18.0. The lowest BCUT2D eigenvalue weighted by atomic mass is 10.1. The van der Waals surface area contributed by atoms with E-state index in [4.69, 9.17) is 11.6 Å². The molecule has 32 heavy (non-hydrogen) atoms. The Hall–Kier alpha value is -2.77. The molecule has 0 radical (unpaired) electrons. The Labute approximate surface area is 193 Å². The lowest BCUT2D eigenvalue weighted by Gasteiger charge is -2.48. The molecule has 1 aromatic heterocycles. The molecule has 0 atom stereocenters. The van der Waals surface area contributed by atoms with Gasteiger partial charge >= 0.3 is 0 Å². The third kappa shape index (κ3) is 4.14. The second kappa shape index (κ2) is 8.64. The van der Waals surface area contributed by atoms with Gasteiger partial charge in [0, 0.05) is 62.6 Å². The number of benzene rings is 1. The van der Waals surface area contributed by atoms with Gasteiger partial charge in [-0.2, -0.15) is 0 Å². The fourth-order valence-corrected chi connectivity index (χ4v) is 4.88. The van der Waals surface area contributed by atoms with E-state index < -0.39 is 0 Å². The van der Waals surface area contributed by atoms with E-state index in [0.717, 1.165) is 69.2 Å². The zero-order chi connectivity index (χ0) is 22.2. The van der Waals surface area contributed by atoms with Gasteiger partial charge in [0.25, 0.3) is 0 Å². The van der Waals surface area contributed by atoms with Crippen molar-refractivity contribution < 1.29 is 9.90 Å². The zero-order valence-corrected chi connectivity index (χ0v) is 18.8. The molecule has 3 aliphatic rings. The van der Waals surface area contributed by atoms with E-state index in [0.29, 0.717) is 22.7 Å². The van der Waals surface area contributed by atoms with E-state index in [9.17, 15) is 9.90 Å². The van der Waals surface area contributed by atoms with Crippen molar-refractivity contribution in [3.63, 3.8) is 0 Å². The van der Waals surface area contributed by atoms with Crippen LogP contribution < -0.4 is 10.2 Å². The van der Waals surface area contributed by atoms with Crippen LogP contribution in [0.2, 0.25) is 5.02 Å². The molecule has 8 heteroatoms. The van der Waals surface area contributed by atoms with E-state index in [1.807, 2.05) is 23.1 Å². The van der Waals surface area contributed by atoms with Crippen LogP contribution in [0, 0.1) is 0 Å². The minimum atomic E-state index is 0.0133. The van der Waals surface area contributed by atoms with E-state index in [1.54, 1.807) is 12.3 Å². The normalized spacial score (nSPS) is 19.5. The lowest BCUT2D eigenvalue weighted by molar-refractivity contribution is -0.133. The smallest absolute Gasteiger partial charge is 0.246 e. The third-order valence-electron chi connectivity index (χ3n) is 6.67. The van der Waals surface area contributed by atoms with Gasteiger partial charge in [0.2, 0.25) is 5.91 Å². The topological polar surface area (TPSA) is 71.9 Å². The summed E-state index contributed by atoms with van der Waals surface area (Å²) in [5, 5.41) is 14.5. The predicted octanol–water partition coefficient (Wildman–Crippen LogP) is 3.58. The van der Waals surface area contributed by atoms with Gasteiger partial charge in [-0.05, 0) is 48.6 Å². The number of carbonyl (C=O) groups is 1. The number of anilines is 3. The lowest BCUT2D eigenvalue weighted by Crippen LogP contribution is -2.64. The Balaban J connectivity index is 1.26. The van der Waals surface area contributed by atoms with Crippen molar-refractivity contribution >= 4 is 34.7 Å². The first-order chi connectivity index (χ1) is 15.5. The van der Waals surface area contributed by atoms with Crippen molar-refractivity contribution in [3.05, 3.63) is 53.7 Å². The number of pyridine rings is 1. The summed E-state index contributed by atoms with van der Waals surface area (Å²) in [6.45, 7) is 8.69. The molecule has 5 rings (SSSR count). The monoisotopic (exact) mass is 453 g/mol. The Bertz CT molecular complexity index is 1030. The highest BCUT2D eigenvalue weighted by Gasteiger charge is 2.35. The van der Waals surface area contributed by atoms with E-state index in [2.05, 4.69) is 26.7 Å². The fraction of sp³-hybridized carbons (Fsp3) is 0.417. The number of amides is 1. The standard InChI is InChI=1S/C24H28ClN5O2/c1-2-23(32)30-14-17(15-30)28-8-10-29(11-9-28)24-20(4-3-7-26-24)27-21-12-18(16-5-6-16)19(25)13-22(21)31/h2-4,7,12-13,16-17,27,31H,1,5-6,8-11,14-15H2. The molecule has 3 fully saturated rings. The highest BCUT2D eigenvalue weighted by atomic mass is 35.5. The summed E-state index contributed by atoms with van der Waals surface area (Å²) in [5.41, 5.74) is 2.62. The Kier molecular flexibility index (Phi) is 5.69. The largest absolute Gasteiger partial charge is 0.506 e. The third-order valence-corrected chi connectivity index (χ3v) is 6.99. The summed E-state index contributed by atoms with van der Waals surface area (Å²) in [6, 6.07) is 7.91. The number of hydrogen-bond acceptors (Lipinski definition) is 6. The molecule has 0 bridgehead atoms. The second-order valence-electron chi connectivity index (χ2n) is 8.79. The fourth-order valence-electron chi connectivity index (χ4n) is 4.57. The van der Waals surface area contributed by atoms with Gasteiger partial charge in [0.05, 0.1) is 11.4 Å². The molecule has 1 amide bonds. The highest BCUT2D eigenvalue weighted by Crippen LogP contribution is 2.46. The maximum Gasteiger partial charge on any atom is 0.246 e. The molecule has 0 spiro atoms. The van der Waals surface area contributed by atoms with Crippen molar-refractivity contribution in [3.8, 4) is 5.75 Å². The van der Waals surface area contributed by atoms with Crippen molar-refractivity contribution in [2.75, 3.05) is 49.5 Å². The minimum absolute atomic E-state index is 0.0133. The van der Waals surface area contributed by atoms with Crippen molar-refractivity contribution in [1.82, 2.24) is 14.8 Å². The quantitative estimate of drug-likeness (QED) is 0.514. The van der Waals surface area contributed by atoms with Crippen molar-refractivity contribution in [2.24, 2.45) is 0 Å². The first-order valence-electron chi connectivity index (χ1n) is 11.2. The van der Waals surface area contributed by atoms with E-state index >= 15 is 0 Å². The first-order valence-corrected chi connectivity index (χ1v) is 11.6. The molecule has 2 aromatic rings. The van der Waals surface area contributed by atoms with Crippen LogP contribution >= 0.6 is 11.6 Å². The molecule has 7 nitrogen and oxygen atoms in total. The van der Waals surface area contributed by atoms with Crippen LogP contribution in [0.3, 0.4) is 0 Å². The molecule has 168 valence electrons. The SMILES string of the molecule is C=CC(=O)N1CC(N2CCN(c3ncccc3Nc3cc(C4CC4)c(Cl)cc3O)CC2)C1. The summed E-state index contributed by atoms with van der Waals surface area (Å²) in [7, 11) is 0.